The van der Waals surface area contributed by atoms with Gasteiger partial charge in [0, 0.05) is 25.8 Å². The van der Waals surface area contributed by atoms with E-state index in [1.807, 2.05) is 19.2 Å². The van der Waals surface area contributed by atoms with E-state index in [0.717, 1.165) is 12.1 Å². The molecule has 3 nitrogen and oxygen atoms in total. The topological polar surface area (TPSA) is 32.7 Å². The molecule has 0 aliphatic carbocycles. The van der Waals surface area contributed by atoms with Crippen LogP contribution in [0.2, 0.25) is 5.02 Å². The van der Waals surface area contributed by atoms with Crippen LogP contribution in [0.15, 0.2) is 18.2 Å². The number of phenols is 1. The summed E-state index contributed by atoms with van der Waals surface area (Å²) in [5.41, 5.74) is 0.834. The van der Waals surface area contributed by atoms with E-state index in [1.165, 1.54) is 0 Å². The highest BCUT2D eigenvalue weighted by Gasteiger charge is 2.07. The first-order chi connectivity index (χ1) is 7.15. The van der Waals surface area contributed by atoms with E-state index in [0.29, 0.717) is 18.2 Å². The minimum atomic E-state index is 0.170. The molecule has 0 amide bonds. The largest absolute Gasteiger partial charge is 0.506 e. The van der Waals surface area contributed by atoms with E-state index in [4.69, 9.17) is 16.3 Å². The van der Waals surface area contributed by atoms with Gasteiger partial charge in [-0.15, -0.1) is 0 Å². The van der Waals surface area contributed by atoms with Crippen molar-refractivity contribution in [3.63, 3.8) is 0 Å². The zero-order valence-corrected chi connectivity index (χ0v) is 9.79. The van der Waals surface area contributed by atoms with E-state index >= 15 is 0 Å². The number of hydrogen-bond donors (Lipinski definition) is 1. The van der Waals surface area contributed by atoms with Crippen molar-refractivity contribution in [2.45, 2.75) is 6.54 Å². The minimum absolute atomic E-state index is 0.170. The Morgan fingerprint density at radius 3 is 2.87 bits per heavy atom. The Morgan fingerprint density at radius 2 is 2.20 bits per heavy atom. The maximum Gasteiger partial charge on any atom is 0.138 e. The van der Waals surface area contributed by atoms with Crippen LogP contribution in [0.25, 0.3) is 0 Å². The average molecular weight is 230 g/mol. The second-order valence-electron chi connectivity index (χ2n) is 3.48. The summed E-state index contributed by atoms with van der Waals surface area (Å²) in [6, 6.07) is 5.38. The molecule has 0 radical (unpaired) electrons. The van der Waals surface area contributed by atoms with Crippen LogP contribution in [0.3, 0.4) is 0 Å². The van der Waals surface area contributed by atoms with Crippen LogP contribution >= 0.6 is 11.6 Å². The number of nitrogens with zero attached hydrogens (tertiary/aromatic N) is 1. The number of hydrogen-bond acceptors (Lipinski definition) is 3. The number of likely N-dealkylation sites (N-methyl/N-ethyl adjacent to an activating group) is 1. The van der Waals surface area contributed by atoms with Crippen LogP contribution in [-0.4, -0.2) is 37.3 Å². The third-order valence-corrected chi connectivity index (χ3v) is 2.49. The van der Waals surface area contributed by atoms with Crippen LogP contribution in [0.1, 0.15) is 5.56 Å². The van der Waals surface area contributed by atoms with Gasteiger partial charge in [-0.1, -0.05) is 23.7 Å². The first kappa shape index (κ1) is 12.3. The number of aromatic hydroxyl groups is 1. The van der Waals surface area contributed by atoms with Crippen molar-refractivity contribution >= 4 is 11.6 Å². The summed E-state index contributed by atoms with van der Waals surface area (Å²) < 4.78 is 4.97. The van der Waals surface area contributed by atoms with Crippen molar-refractivity contribution in [1.82, 2.24) is 4.90 Å². The molecule has 0 aromatic heterocycles. The van der Waals surface area contributed by atoms with Gasteiger partial charge in [0.25, 0.3) is 0 Å². The van der Waals surface area contributed by atoms with Crippen molar-refractivity contribution < 1.29 is 9.84 Å². The Kier molecular flexibility index (Phi) is 4.88. The van der Waals surface area contributed by atoms with Crippen molar-refractivity contribution in [3.8, 4) is 5.75 Å². The normalized spacial score (nSPS) is 10.9. The van der Waals surface area contributed by atoms with Crippen molar-refractivity contribution in [2.75, 3.05) is 27.3 Å². The molecule has 1 rings (SSSR count). The molecule has 1 aromatic rings. The predicted molar refractivity (Wildman–Crippen MR) is 61.3 cm³/mol. The number of para-hydroxylation sites is 1. The monoisotopic (exact) mass is 229 g/mol. The van der Waals surface area contributed by atoms with Gasteiger partial charge in [0.05, 0.1) is 11.6 Å². The van der Waals surface area contributed by atoms with Crippen LogP contribution in [0.4, 0.5) is 0 Å². The molecule has 84 valence electrons. The molecule has 0 aliphatic heterocycles. The SMILES string of the molecule is COCCN(C)Cc1cccc(Cl)c1O. The summed E-state index contributed by atoms with van der Waals surface area (Å²) >= 11 is 5.81. The molecule has 0 atom stereocenters. The fourth-order valence-corrected chi connectivity index (χ4v) is 1.50. The summed E-state index contributed by atoms with van der Waals surface area (Å²) in [5, 5.41) is 10.1. The molecule has 0 aliphatic rings. The van der Waals surface area contributed by atoms with Gasteiger partial charge in [-0.3, -0.25) is 4.90 Å². The molecule has 4 heteroatoms. The summed E-state index contributed by atoms with van der Waals surface area (Å²) in [6.45, 7) is 2.16. The molecular weight excluding hydrogens is 214 g/mol. The maximum atomic E-state index is 9.68. The number of phenolic OH excluding ortho intramolecular Hbond substituents is 1. The van der Waals surface area contributed by atoms with Gasteiger partial charge in [-0.25, -0.2) is 0 Å². The van der Waals surface area contributed by atoms with E-state index in [-0.39, 0.29) is 5.75 Å². The standard InChI is InChI=1S/C11H16ClNO2/c1-13(6-7-15-2)8-9-4-3-5-10(12)11(9)14/h3-5,14H,6-8H2,1-2H3. The number of rotatable bonds is 5. The van der Waals surface area contributed by atoms with Crippen LogP contribution in [0.5, 0.6) is 5.75 Å². The van der Waals surface area contributed by atoms with E-state index in [2.05, 4.69) is 4.90 Å². The summed E-state index contributed by atoms with van der Waals surface area (Å²) in [7, 11) is 3.64. The van der Waals surface area contributed by atoms with Gasteiger partial charge in [-0.05, 0) is 13.1 Å². The lowest BCUT2D eigenvalue weighted by Gasteiger charge is -2.17. The van der Waals surface area contributed by atoms with Crippen molar-refractivity contribution in [3.05, 3.63) is 28.8 Å². The highest BCUT2D eigenvalue weighted by atomic mass is 35.5. The Balaban J connectivity index is 2.60. The number of methoxy groups -OCH3 is 1. The summed E-state index contributed by atoms with van der Waals surface area (Å²) in [5.74, 6) is 0.170. The Labute approximate surface area is 95.2 Å². The smallest absolute Gasteiger partial charge is 0.138 e. The summed E-state index contributed by atoms with van der Waals surface area (Å²) in [4.78, 5) is 2.06. The third kappa shape index (κ3) is 3.70. The molecule has 0 saturated carbocycles. The number of benzene rings is 1. The lowest BCUT2D eigenvalue weighted by molar-refractivity contribution is 0.158. The fourth-order valence-electron chi connectivity index (χ4n) is 1.30. The van der Waals surface area contributed by atoms with Crippen molar-refractivity contribution in [1.29, 1.82) is 0 Å². The maximum absolute atomic E-state index is 9.68. The Hall–Kier alpha value is -0.770. The van der Waals surface area contributed by atoms with Gasteiger partial charge in [0.1, 0.15) is 5.75 Å². The zero-order valence-electron chi connectivity index (χ0n) is 9.03. The third-order valence-electron chi connectivity index (χ3n) is 2.19. The molecule has 0 saturated heterocycles. The molecule has 0 fully saturated rings. The Bertz CT molecular complexity index is 317. The van der Waals surface area contributed by atoms with E-state index in [9.17, 15) is 5.11 Å². The van der Waals surface area contributed by atoms with Crippen LogP contribution in [0, 0.1) is 0 Å². The molecular formula is C11H16ClNO2. The highest BCUT2D eigenvalue weighted by molar-refractivity contribution is 6.32. The lowest BCUT2D eigenvalue weighted by atomic mass is 10.2. The molecule has 0 bridgehead atoms. The number of ether oxygens (including phenoxy) is 1. The van der Waals surface area contributed by atoms with Gasteiger partial charge in [0.2, 0.25) is 0 Å². The molecule has 1 aromatic carbocycles. The molecule has 15 heavy (non-hydrogen) atoms. The average Bonchev–Trinajstić information content (AvgIpc) is 2.22. The highest BCUT2D eigenvalue weighted by Crippen LogP contribution is 2.27. The second-order valence-corrected chi connectivity index (χ2v) is 3.89. The van der Waals surface area contributed by atoms with Gasteiger partial charge < -0.3 is 9.84 Å². The van der Waals surface area contributed by atoms with E-state index < -0.39 is 0 Å². The zero-order chi connectivity index (χ0) is 11.3. The first-order valence-corrected chi connectivity index (χ1v) is 5.16. The molecule has 0 spiro atoms. The molecule has 0 unspecified atom stereocenters. The van der Waals surface area contributed by atoms with Crippen molar-refractivity contribution in [2.24, 2.45) is 0 Å². The minimum Gasteiger partial charge on any atom is -0.506 e. The van der Waals surface area contributed by atoms with Gasteiger partial charge >= 0.3 is 0 Å². The van der Waals surface area contributed by atoms with E-state index in [1.54, 1.807) is 13.2 Å². The van der Waals surface area contributed by atoms with Crippen LogP contribution in [-0.2, 0) is 11.3 Å². The fraction of sp³-hybridized carbons (Fsp3) is 0.455. The second kappa shape index (κ2) is 5.95. The van der Waals surface area contributed by atoms with Gasteiger partial charge in [-0.2, -0.15) is 0 Å². The lowest BCUT2D eigenvalue weighted by Crippen LogP contribution is -2.22. The van der Waals surface area contributed by atoms with Crippen LogP contribution < -0.4 is 0 Å². The van der Waals surface area contributed by atoms with Gasteiger partial charge in [0.15, 0.2) is 0 Å². The summed E-state index contributed by atoms with van der Waals surface area (Å²) in [6.07, 6.45) is 0. The quantitative estimate of drug-likeness (QED) is 0.840. The number of halogens is 1. The Morgan fingerprint density at radius 1 is 1.47 bits per heavy atom. The predicted octanol–water partition coefficient (Wildman–Crippen LogP) is 2.12. The first-order valence-electron chi connectivity index (χ1n) is 4.79. The molecule has 1 N–H and O–H groups in total. The molecule has 0 heterocycles.